The first-order valence-corrected chi connectivity index (χ1v) is 9.53. The lowest BCUT2D eigenvalue weighted by Gasteiger charge is -2.27. The van der Waals surface area contributed by atoms with Crippen LogP contribution in [0, 0.1) is 0 Å². The van der Waals surface area contributed by atoms with Crippen molar-refractivity contribution in [3.05, 3.63) is 17.8 Å². The molecule has 24 heavy (non-hydrogen) atoms. The lowest BCUT2D eigenvalue weighted by atomic mass is 10.1. The molecule has 0 bridgehead atoms. The molecule has 1 aliphatic carbocycles. The highest BCUT2D eigenvalue weighted by Gasteiger charge is 2.32. The van der Waals surface area contributed by atoms with Gasteiger partial charge in [-0.15, -0.1) is 15.3 Å². The van der Waals surface area contributed by atoms with E-state index in [0.29, 0.717) is 11.9 Å². The number of anilines is 1. The zero-order valence-corrected chi connectivity index (χ0v) is 14.7. The van der Waals surface area contributed by atoms with E-state index in [1.807, 2.05) is 12.1 Å². The molecule has 2 fully saturated rings. The van der Waals surface area contributed by atoms with Crippen molar-refractivity contribution in [2.45, 2.75) is 49.1 Å². The molecule has 8 heteroatoms. The van der Waals surface area contributed by atoms with Crippen molar-refractivity contribution in [3.8, 4) is 5.88 Å². The van der Waals surface area contributed by atoms with Crippen molar-refractivity contribution in [1.82, 2.24) is 25.0 Å². The third-order valence-corrected chi connectivity index (χ3v) is 5.43. The number of methoxy groups -OCH3 is 1. The van der Waals surface area contributed by atoms with E-state index in [1.54, 1.807) is 18.9 Å². The summed E-state index contributed by atoms with van der Waals surface area (Å²) in [6.07, 6.45) is 6.29. The Morgan fingerprint density at radius 3 is 2.58 bits per heavy atom. The van der Waals surface area contributed by atoms with Gasteiger partial charge in [0.05, 0.1) is 12.8 Å². The second-order valence-electron chi connectivity index (χ2n) is 6.29. The molecule has 0 unspecified atom stereocenters. The van der Waals surface area contributed by atoms with Crippen molar-refractivity contribution < 1.29 is 4.74 Å². The monoisotopic (exact) mass is 346 g/mol. The van der Waals surface area contributed by atoms with Gasteiger partial charge in [0.2, 0.25) is 11.8 Å². The average Bonchev–Trinajstić information content (AvgIpc) is 3.40. The molecule has 1 saturated carbocycles. The van der Waals surface area contributed by atoms with Gasteiger partial charge in [0, 0.05) is 31.0 Å². The molecule has 1 aliphatic heterocycles. The minimum absolute atomic E-state index is 0.539. The van der Waals surface area contributed by atoms with E-state index in [0.717, 1.165) is 35.6 Å². The van der Waals surface area contributed by atoms with Gasteiger partial charge < -0.3 is 9.64 Å². The summed E-state index contributed by atoms with van der Waals surface area (Å²) in [5, 5.41) is 18.2. The van der Waals surface area contributed by atoms with Gasteiger partial charge in [0.15, 0.2) is 5.16 Å². The molecule has 1 saturated heterocycles. The summed E-state index contributed by atoms with van der Waals surface area (Å²) in [6, 6.07) is 4.36. The molecule has 0 atom stereocenters. The normalized spacial score (nSPS) is 18.0. The molecule has 0 aromatic carbocycles. The molecule has 3 heterocycles. The Kier molecular flexibility index (Phi) is 4.55. The highest BCUT2D eigenvalue weighted by molar-refractivity contribution is 7.98. The Morgan fingerprint density at radius 2 is 1.92 bits per heavy atom. The smallest absolute Gasteiger partial charge is 0.233 e. The molecule has 0 N–H and O–H groups in total. The molecule has 4 rings (SSSR count). The van der Waals surface area contributed by atoms with Gasteiger partial charge in [0.25, 0.3) is 0 Å². The van der Waals surface area contributed by atoms with E-state index in [-0.39, 0.29) is 0 Å². The van der Waals surface area contributed by atoms with Crippen LogP contribution in [0.25, 0.3) is 0 Å². The van der Waals surface area contributed by atoms with E-state index in [1.165, 1.54) is 32.1 Å². The van der Waals surface area contributed by atoms with Gasteiger partial charge >= 0.3 is 0 Å². The summed E-state index contributed by atoms with van der Waals surface area (Å²) >= 11 is 1.69. The molecular formula is C16H22N6OS. The van der Waals surface area contributed by atoms with Gasteiger partial charge in [-0.1, -0.05) is 11.8 Å². The molecule has 2 aliphatic rings. The van der Waals surface area contributed by atoms with Crippen molar-refractivity contribution in [2.24, 2.45) is 0 Å². The minimum Gasteiger partial charge on any atom is -0.480 e. The fraction of sp³-hybridized carbons (Fsp3) is 0.625. The number of nitrogens with zero attached hydrogens (tertiary/aromatic N) is 6. The van der Waals surface area contributed by atoms with Crippen molar-refractivity contribution in [3.63, 3.8) is 0 Å². The first-order valence-electron chi connectivity index (χ1n) is 8.54. The zero-order chi connectivity index (χ0) is 16.4. The maximum atomic E-state index is 5.05. The van der Waals surface area contributed by atoms with Gasteiger partial charge in [0.1, 0.15) is 0 Å². The van der Waals surface area contributed by atoms with Gasteiger partial charge in [-0.05, 0) is 38.2 Å². The third-order valence-electron chi connectivity index (χ3n) is 4.45. The first kappa shape index (κ1) is 15.7. The summed E-state index contributed by atoms with van der Waals surface area (Å²) in [6.45, 7) is 2.19. The second kappa shape index (κ2) is 6.96. The standard InChI is InChI=1S/C16H22N6OS/c1-23-14-8-5-12(17-18-14)11-24-16-20-19-15(22(16)13-6-7-13)21-9-3-2-4-10-21/h5,8,13H,2-4,6-7,9-11H2,1H3. The van der Waals surface area contributed by atoms with Crippen LogP contribution in [-0.4, -0.2) is 45.2 Å². The summed E-state index contributed by atoms with van der Waals surface area (Å²) in [4.78, 5) is 2.39. The largest absolute Gasteiger partial charge is 0.480 e. The second-order valence-corrected chi connectivity index (χ2v) is 7.23. The maximum absolute atomic E-state index is 5.05. The van der Waals surface area contributed by atoms with Crippen LogP contribution in [0.15, 0.2) is 17.3 Å². The maximum Gasteiger partial charge on any atom is 0.233 e. The third kappa shape index (κ3) is 3.33. The lowest BCUT2D eigenvalue weighted by Crippen LogP contribution is -2.31. The topological polar surface area (TPSA) is 69.0 Å². The van der Waals surface area contributed by atoms with Crippen LogP contribution in [0.5, 0.6) is 5.88 Å². The van der Waals surface area contributed by atoms with Crippen LogP contribution >= 0.6 is 11.8 Å². The number of rotatable bonds is 6. The number of hydrogen-bond acceptors (Lipinski definition) is 7. The zero-order valence-electron chi connectivity index (χ0n) is 13.9. The van der Waals surface area contributed by atoms with Gasteiger partial charge in [-0.25, -0.2) is 0 Å². The molecule has 0 spiro atoms. The molecule has 0 amide bonds. The van der Waals surface area contributed by atoms with Crippen LogP contribution in [0.2, 0.25) is 0 Å². The van der Waals surface area contributed by atoms with Crippen LogP contribution in [0.1, 0.15) is 43.8 Å². The van der Waals surface area contributed by atoms with Crippen LogP contribution in [0.4, 0.5) is 5.95 Å². The van der Waals surface area contributed by atoms with E-state index in [2.05, 4.69) is 29.9 Å². The predicted octanol–water partition coefficient (Wildman–Crippen LogP) is 2.69. The van der Waals surface area contributed by atoms with Crippen molar-refractivity contribution in [2.75, 3.05) is 25.1 Å². The Labute approximate surface area is 145 Å². The van der Waals surface area contributed by atoms with Crippen LogP contribution in [-0.2, 0) is 5.75 Å². The molecule has 0 radical (unpaired) electrons. The average molecular weight is 346 g/mol. The molecular weight excluding hydrogens is 324 g/mol. The fourth-order valence-electron chi connectivity index (χ4n) is 3.00. The molecule has 2 aromatic rings. The predicted molar refractivity (Wildman–Crippen MR) is 92.5 cm³/mol. The molecule has 128 valence electrons. The van der Waals surface area contributed by atoms with Crippen molar-refractivity contribution >= 4 is 17.7 Å². The summed E-state index contributed by atoms with van der Waals surface area (Å²) in [5.41, 5.74) is 0.922. The number of hydrogen-bond donors (Lipinski definition) is 0. The number of piperidine rings is 1. The first-order chi connectivity index (χ1) is 11.8. The SMILES string of the molecule is COc1ccc(CSc2nnc(N3CCCCC3)n2C2CC2)nn1. The number of aromatic nitrogens is 5. The van der Waals surface area contributed by atoms with E-state index >= 15 is 0 Å². The fourth-order valence-corrected chi connectivity index (χ4v) is 3.90. The van der Waals surface area contributed by atoms with Gasteiger partial charge in [-0.3, -0.25) is 4.57 Å². The lowest BCUT2D eigenvalue weighted by molar-refractivity contribution is 0.391. The van der Waals surface area contributed by atoms with E-state index < -0.39 is 0 Å². The Balaban J connectivity index is 1.49. The van der Waals surface area contributed by atoms with E-state index in [4.69, 9.17) is 4.74 Å². The number of ether oxygens (including phenoxy) is 1. The molecule has 7 nitrogen and oxygen atoms in total. The highest BCUT2D eigenvalue weighted by Crippen LogP contribution is 2.41. The van der Waals surface area contributed by atoms with Crippen molar-refractivity contribution in [1.29, 1.82) is 0 Å². The minimum atomic E-state index is 0.539. The Hall–Kier alpha value is -1.83. The highest BCUT2D eigenvalue weighted by atomic mass is 32.2. The summed E-state index contributed by atoms with van der Waals surface area (Å²) in [5.74, 6) is 2.33. The summed E-state index contributed by atoms with van der Waals surface area (Å²) < 4.78 is 7.39. The van der Waals surface area contributed by atoms with Gasteiger partial charge in [-0.2, -0.15) is 5.10 Å². The van der Waals surface area contributed by atoms with E-state index in [9.17, 15) is 0 Å². The number of thioether (sulfide) groups is 1. The molecule has 2 aromatic heterocycles. The van der Waals surface area contributed by atoms with Crippen LogP contribution < -0.4 is 9.64 Å². The quantitative estimate of drug-likeness (QED) is 0.745. The summed E-state index contributed by atoms with van der Waals surface area (Å²) in [7, 11) is 1.60. The Bertz CT molecular complexity index is 678. The van der Waals surface area contributed by atoms with Crippen LogP contribution in [0.3, 0.4) is 0 Å². The Morgan fingerprint density at radius 1 is 1.08 bits per heavy atom.